The molecule has 1 rings (SSSR count). The zero-order valence-corrected chi connectivity index (χ0v) is 11.2. The second kappa shape index (κ2) is 6.77. The lowest BCUT2D eigenvalue weighted by atomic mass is 10.1. The molecular weight excluding hydrogens is 204 g/mol. The lowest BCUT2D eigenvalue weighted by molar-refractivity contribution is 0.222. The number of hydrogen-bond donors (Lipinski definition) is 1. The van der Waals surface area contributed by atoms with Crippen molar-refractivity contribution < 1.29 is 0 Å². The Morgan fingerprint density at radius 1 is 1.53 bits per heavy atom. The Kier molecular flexibility index (Phi) is 6.02. The fraction of sp³-hybridized carbons (Fsp3) is 1.00. The molecule has 1 fully saturated rings. The van der Waals surface area contributed by atoms with Crippen molar-refractivity contribution in [3.63, 3.8) is 0 Å². The molecule has 2 N–H and O–H groups in total. The molecule has 0 amide bonds. The largest absolute Gasteiger partial charge is 0.329 e. The number of hydrogen-bond acceptors (Lipinski definition) is 3. The van der Waals surface area contributed by atoms with Gasteiger partial charge < -0.3 is 10.6 Å². The highest BCUT2D eigenvalue weighted by Gasteiger charge is 2.34. The summed E-state index contributed by atoms with van der Waals surface area (Å²) in [5.74, 6) is 3.17. The highest BCUT2D eigenvalue weighted by Crippen LogP contribution is 2.38. The highest BCUT2D eigenvalue weighted by molar-refractivity contribution is 7.98. The van der Waals surface area contributed by atoms with Crippen molar-refractivity contribution in [1.82, 2.24) is 4.90 Å². The molecule has 1 aliphatic carbocycles. The van der Waals surface area contributed by atoms with Gasteiger partial charge in [-0.1, -0.05) is 6.92 Å². The molecule has 0 radical (unpaired) electrons. The first-order valence-corrected chi connectivity index (χ1v) is 7.47. The van der Waals surface area contributed by atoms with Crippen molar-refractivity contribution in [1.29, 1.82) is 0 Å². The SMILES string of the molecule is CSCCCC(CN)N(C)CC1CC1C. The molecule has 0 heterocycles. The summed E-state index contributed by atoms with van der Waals surface area (Å²) >= 11 is 1.93. The zero-order valence-electron chi connectivity index (χ0n) is 10.4. The molecule has 3 heteroatoms. The molecule has 0 bridgehead atoms. The summed E-state index contributed by atoms with van der Waals surface area (Å²) in [5.41, 5.74) is 5.84. The number of nitrogens with zero attached hydrogens (tertiary/aromatic N) is 1. The standard InChI is InChI=1S/C12H26N2S/c1-10-7-11(10)9-14(2)12(8-13)5-4-6-15-3/h10-12H,4-9,13H2,1-3H3. The van der Waals surface area contributed by atoms with Gasteiger partial charge in [0.2, 0.25) is 0 Å². The summed E-state index contributed by atoms with van der Waals surface area (Å²) in [6.07, 6.45) is 6.15. The molecule has 90 valence electrons. The van der Waals surface area contributed by atoms with Crippen LogP contribution in [-0.4, -0.2) is 43.1 Å². The summed E-state index contributed by atoms with van der Waals surface area (Å²) in [7, 11) is 2.24. The van der Waals surface area contributed by atoms with Gasteiger partial charge in [-0.05, 0) is 50.2 Å². The Labute approximate surface area is 99.0 Å². The Balaban J connectivity index is 2.17. The van der Waals surface area contributed by atoms with Crippen molar-refractivity contribution in [2.24, 2.45) is 17.6 Å². The van der Waals surface area contributed by atoms with Gasteiger partial charge in [0, 0.05) is 19.1 Å². The molecule has 0 aliphatic heterocycles. The van der Waals surface area contributed by atoms with Crippen molar-refractivity contribution in [2.75, 3.05) is 32.1 Å². The van der Waals surface area contributed by atoms with Gasteiger partial charge in [-0.25, -0.2) is 0 Å². The average Bonchev–Trinajstić information content (AvgIpc) is 2.89. The van der Waals surface area contributed by atoms with Gasteiger partial charge in [0.25, 0.3) is 0 Å². The molecule has 0 aromatic heterocycles. The first kappa shape index (κ1) is 13.3. The van der Waals surface area contributed by atoms with Crippen LogP contribution < -0.4 is 5.73 Å². The van der Waals surface area contributed by atoms with E-state index in [2.05, 4.69) is 25.1 Å². The summed E-state index contributed by atoms with van der Waals surface area (Å²) in [6, 6.07) is 0.602. The Morgan fingerprint density at radius 3 is 2.67 bits per heavy atom. The summed E-state index contributed by atoms with van der Waals surface area (Å²) in [5, 5.41) is 0. The maximum absolute atomic E-state index is 5.84. The fourth-order valence-electron chi connectivity index (χ4n) is 2.15. The smallest absolute Gasteiger partial charge is 0.0215 e. The third-order valence-corrected chi connectivity index (χ3v) is 4.28. The van der Waals surface area contributed by atoms with Gasteiger partial charge >= 0.3 is 0 Å². The number of likely N-dealkylation sites (N-methyl/N-ethyl adjacent to an activating group) is 1. The molecular formula is C12H26N2S. The van der Waals surface area contributed by atoms with Crippen LogP contribution in [0.3, 0.4) is 0 Å². The Hall–Kier alpha value is 0.270. The number of nitrogens with two attached hydrogens (primary N) is 1. The lowest BCUT2D eigenvalue weighted by Crippen LogP contribution is -2.39. The topological polar surface area (TPSA) is 29.3 Å². The van der Waals surface area contributed by atoms with Crippen LogP contribution in [0.25, 0.3) is 0 Å². The van der Waals surface area contributed by atoms with Crippen LogP contribution in [-0.2, 0) is 0 Å². The molecule has 0 saturated heterocycles. The predicted molar refractivity (Wildman–Crippen MR) is 70.4 cm³/mol. The molecule has 0 aromatic carbocycles. The summed E-state index contributed by atoms with van der Waals surface area (Å²) in [4.78, 5) is 2.48. The number of thioether (sulfide) groups is 1. The van der Waals surface area contributed by atoms with E-state index in [9.17, 15) is 0 Å². The minimum absolute atomic E-state index is 0.602. The summed E-state index contributed by atoms with van der Waals surface area (Å²) in [6.45, 7) is 4.41. The van der Waals surface area contributed by atoms with Crippen molar-refractivity contribution in [2.45, 2.75) is 32.2 Å². The number of rotatable bonds is 8. The van der Waals surface area contributed by atoms with Crippen LogP contribution in [0.1, 0.15) is 26.2 Å². The van der Waals surface area contributed by atoms with Crippen LogP contribution in [0.5, 0.6) is 0 Å². The van der Waals surface area contributed by atoms with Crippen LogP contribution in [0.4, 0.5) is 0 Å². The molecule has 3 atom stereocenters. The zero-order chi connectivity index (χ0) is 11.3. The maximum Gasteiger partial charge on any atom is 0.0215 e. The molecule has 15 heavy (non-hydrogen) atoms. The van der Waals surface area contributed by atoms with E-state index in [-0.39, 0.29) is 0 Å². The highest BCUT2D eigenvalue weighted by atomic mass is 32.2. The molecule has 2 nitrogen and oxygen atoms in total. The van der Waals surface area contributed by atoms with Crippen LogP contribution in [0.2, 0.25) is 0 Å². The monoisotopic (exact) mass is 230 g/mol. The first-order chi connectivity index (χ1) is 7.19. The van der Waals surface area contributed by atoms with Crippen LogP contribution in [0, 0.1) is 11.8 Å². The second-order valence-electron chi connectivity index (χ2n) is 4.94. The maximum atomic E-state index is 5.84. The van der Waals surface area contributed by atoms with Crippen LogP contribution >= 0.6 is 11.8 Å². The van der Waals surface area contributed by atoms with Crippen molar-refractivity contribution in [3.8, 4) is 0 Å². The van der Waals surface area contributed by atoms with Gasteiger partial charge in [-0.2, -0.15) is 11.8 Å². The van der Waals surface area contributed by atoms with Crippen molar-refractivity contribution in [3.05, 3.63) is 0 Å². The lowest BCUT2D eigenvalue weighted by Gasteiger charge is -2.27. The van der Waals surface area contributed by atoms with Gasteiger partial charge in [0.15, 0.2) is 0 Å². The van der Waals surface area contributed by atoms with E-state index >= 15 is 0 Å². The van der Waals surface area contributed by atoms with E-state index < -0.39 is 0 Å². The minimum Gasteiger partial charge on any atom is -0.329 e. The fourth-order valence-corrected chi connectivity index (χ4v) is 2.61. The molecule has 1 saturated carbocycles. The quantitative estimate of drug-likeness (QED) is 0.647. The Morgan fingerprint density at radius 2 is 2.20 bits per heavy atom. The second-order valence-corrected chi connectivity index (χ2v) is 5.92. The van der Waals surface area contributed by atoms with E-state index in [0.717, 1.165) is 18.4 Å². The van der Waals surface area contributed by atoms with Gasteiger partial charge in [0.05, 0.1) is 0 Å². The van der Waals surface area contributed by atoms with Gasteiger partial charge in [-0.3, -0.25) is 0 Å². The van der Waals surface area contributed by atoms with Gasteiger partial charge in [0.1, 0.15) is 0 Å². The van der Waals surface area contributed by atoms with Gasteiger partial charge in [-0.15, -0.1) is 0 Å². The third kappa shape index (κ3) is 4.75. The minimum atomic E-state index is 0.602. The molecule has 0 spiro atoms. The molecule has 1 aliphatic rings. The van der Waals surface area contributed by atoms with E-state index in [4.69, 9.17) is 5.73 Å². The van der Waals surface area contributed by atoms with E-state index in [1.165, 1.54) is 31.6 Å². The molecule has 3 unspecified atom stereocenters. The Bertz CT molecular complexity index is 175. The average molecular weight is 230 g/mol. The normalized spacial score (nSPS) is 27.0. The third-order valence-electron chi connectivity index (χ3n) is 3.58. The van der Waals surface area contributed by atoms with Crippen molar-refractivity contribution >= 4 is 11.8 Å². The predicted octanol–water partition coefficient (Wildman–Crippen LogP) is 2.04. The molecule has 0 aromatic rings. The van der Waals surface area contributed by atoms with E-state index in [0.29, 0.717) is 6.04 Å². The summed E-state index contributed by atoms with van der Waals surface area (Å²) < 4.78 is 0. The van der Waals surface area contributed by atoms with E-state index in [1.54, 1.807) is 0 Å². The first-order valence-electron chi connectivity index (χ1n) is 6.08. The van der Waals surface area contributed by atoms with Crippen LogP contribution in [0.15, 0.2) is 0 Å². The van der Waals surface area contributed by atoms with E-state index in [1.807, 2.05) is 11.8 Å².